The lowest BCUT2D eigenvalue weighted by Gasteiger charge is -2.19. The molecular formula is C10H15N3. The van der Waals surface area contributed by atoms with Crippen LogP contribution < -0.4 is 10.6 Å². The van der Waals surface area contributed by atoms with Gasteiger partial charge >= 0.3 is 0 Å². The van der Waals surface area contributed by atoms with Crippen LogP contribution >= 0.6 is 0 Å². The van der Waals surface area contributed by atoms with Gasteiger partial charge in [0.2, 0.25) is 0 Å². The molecule has 0 amide bonds. The van der Waals surface area contributed by atoms with Crippen molar-refractivity contribution in [2.24, 2.45) is 0 Å². The zero-order chi connectivity index (χ0) is 9.26. The molecule has 0 atom stereocenters. The Morgan fingerprint density at radius 1 is 1.38 bits per heavy atom. The standard InChI is InChI=1S/C10H15N3/c1-8-10(11)9(4-5-12-8)13-6-2-3-7-13/h4-5H,2-3,6-7,11H2,1H3. The van der Waals surface area contributed by atoms with Crippen LogP contribution in [0.1, 0.15) is 18.5 Å². The van der Waals surface area contributed by atoms with Crippen molar-refractivity contribution in [3.8, 4) is 0 Å². The van der Waals surface area contributed by atoms with Crippen molar-refractivity contribution in [3.05, 3.63) is 18.0 Å². The first-order valence-electron chi connectivity index (χ1n) is 4.75. The highest BCUT2D eigenvalue weighted by molar-refractivity contribution is 5.69. The van der Waals surface area contributed by atoms with Crippen molar-refractivity contribution in [2.75, 3.05) is 23.7 Å². The van der Waals surface area contributed by atoms with Crippen molar-refractivity contribution in [2.45, 2.75) is 19.8 Å². The van der Waals surface area contributed by atoms with E-state index < -0.39 is 0 Å². The average molecular weight is 177 g/mol. The van der Waals surface area contributed by atoms with E-state index in [-0.39, 0.29) is 0 Å². The molecular weight excluding hydrogens is 162 g/mol. The van der Waals surface area contributed by atoms with Gasteiger partial charge in [-0.3, -0.25) is 4.98 Å². The summed E-state index contributed by atoms with van der Waals surface area (Å²) in [6, 6.07) is 2.01. The molecule has 1 aliphatic heterocycles. The molecule has 2 heterocycles. The summed E-state index contributed by atoms with van der Waals surface area (Å²) in [6.45, 7) is 4.22. The van der Waals surface area contributed by atoms with E-state index in [2.05, 4.69) is 9.88 Å². The van der Waals surface area contributed by atoms with Gasteiger partial charge in [-0.2, -0.15) is 0 Å². The second-order valence-corrected chi connectivity index (χ2v) is 3.52. The Morgan fingerprint density at radius 3 is 2.77 bits per heavy atom. The van der Waals surface area contributed by atoms with Crippen LogP contribution in [0.4, 0.5) is 11.4 Å². The zero-order valence-electron chi connectivity index (χ0n) is 7.95. The molecule has 2 rings (SSSR count). The minimum Gasteiger partial charge on any atom is -0.396 e. The van der Waals surface area contributed by atoms with E-state index in [9.17, 15) is 0 Å². The van der Waals surface area contributed by atoms with E-state index in [0.717, 1.165) is 30.2 Å². The minimum absolute atomic E-state index is 0.837. The van der Waals surface area contributed by atoms with E-state index in [1.807, 2.05) is 19.2 Å². The molecule has 0 aliphatic carbocycles. The smallest absolute Gasteiger partial charge is 0.0768 e. The Labute approximate surface area is 78.6 Å². The molecule has 1 aromatic heterocycles. The summed E-state index contributed by atoms with van der Waals surface area (Å²) in [5, 5.41) is 0. The van der Waals surface area contributed by atoms with Crippen LogP contribution in [0.3, 0.4) is 0 Å². The first-order valence-corrected chi connectivity index (χ1v) is 4.75. The van der Waals surface area contributed by atoms with Crippen molar-refractivity contribution >= 4 is 11.4 Å². The second-order valence-electron chi connectivity index (χ2n) is 3.52. The maximum atomic E-state index is 5.96. The maximum Gasteiger partial charge on any atom is 0.0768 e. The quantitative estimate of drug-likeness (QED) is 0.708. The van der Waals surface area contributed by atoms with Crippen LogP contribution in [0.15, 0.2) is 12.3 Å². The van der Waals surface area contributed by atoms with Gasteiger partial charge in [0.15, 0.2) is 0 Å². The van der Waals surface area contributed by atoms with Crippen molar-refractivity contribution < 1.29 is 0 Å². The molecule has 3 nitrogen and oxygen atoms in total. The molecule has 0 aromatic carbocycles. The third-order valence-corrected chi connectivity index (χ3v) is 2.61. The van der Waals surface area contributed by atoms with E-state index in [1.165, 1.54) is 12.8 Å². The molecule has 70 valence electrons. The highest BCUT2D eigenvalue weighted by Crippen LogP contribution is 2.27. The first-order chi connectivity index (χ1) is 6.29. The molecule has 0 saturated carbocycles. The number of anilines is 2. The molecule has 1 aromatic rings. The number of nitrogens with zero attached hydrogens (tertiary/aromatic N) is 2. The van der Waals surface area contributed by atoms with Gasteiger partial charge in [-0.05, 0) is 25.8 Å². The Kier molecular flexibility index (Phi) is 2.08. The molecule has 1 aliphatic rings. The molecule has 3 heteroatoms. The molecule has 0 unspecified atom stereocenters. The van der Waals surface area contributed by atoms with Crippen molar-refractivity contribution in [3.63, 3.8) is 0 Å². The summed E-state index contributed by atoms with van der Waals surface area (Å²) in [5.41, 5.74) is 8.89. The Morgan fingerprint density at radius 2 is 2.08 bits per heavy atom. The topological polar surface area (TPSA) is 42.2 Å². The number of rotatable bonds is 1. The largest absolute Gasteiger partial charge is 0.396 e. The van der Waals surface area contributed by atoms with Crippen LogP contribution in [0.25, 0.3) is 0 Å². The highest BCUT2D eigenvalue weighted by atomic mass is 15.2. The summed E-state index contributed by atoms with van der Waals surface area (Å²) in [7, 11) is 0. The predicted molar refractivity (Wildman–Crippen MR) is 54.8 cm³/mol. The third-order valence-electron chi connectivity index (χ3n) is 2.61. The van der Waals surface area contributed by atoms with Gasteiger partial charge in [0.25, 0.3) is 0 Å². The molecule has 2 N–H and O–H groups in total. The number of aromatic nitrogens is 1. The summed E-state index contributed by atoms with van der Waals surface area (Å²) >= 11 is 0. The van der Waals surface area contributed by atoms with Gasteiger partial charge in [-0.25, -0.2) is 0 Å². The minimum atomic E-state index is 0.837. The number of pyridine rings is 1. The fourth-order valence-corrected chi connectivity index (χ4v) is 1.80. The summed E-state index contributed by atoms with van der Waals surface area (Å²) in [5.74, 6) is 0. The lowest BCUT2D eigenvalue weighted by Crippen LogP contribution is -2.19. The molecule has 0 bridgehead atoms. The second kappa shape index (κ2) is 3.24. The monoisotopic (exact) mass is 177 g/mol. The zero-order valence-corrected chi connectivity index (χ0v) is 7.95. The van der Waals surface area contributed by atoms with Gasteiger partial charge in [0.1, 0.15) is 0 Å². The molecule has 0 spiro atoms. The van der Waals surface area contributed by atoms with E-state index in [0.29, 0.717) is 0 Å². The third kappa shape index (κ3) is 1.46. The molecule has 0 radical (unpaired) electrons. The van der Waals surface area contributed by atoms with E-state index in [1.54, 1.807) is 0 Å². The van der Waals surface area contributed by atoms with Crippen LogP contribution in [0.2, 0.25) is 0 Å². The molecule has 13 heavy (non-hydrogen) atoms. The molecule has 1 fully saturated rings. The average Bonchev–Trinajstić information content (AvgIpc) is 2.62. The normalized spacial score (nSPS) is 16.5. The SMILES string of the molecule is Cc1nccc(N2CCCC2)c1N. The first kappa shape index (κ1) is 8.35. The summed E-state index contributed by atoms with van der Waals surface area (Å²) in [4.78, 5) is 6.50. The summed E-state index contributed by atoms with van der Waals surface area (Å²) in [6.07, 6.45) is 4.39. The van der Waals surface area contributed by atoms with Crippen LogP contribution in [0.5, 0.6) is 0 Å². The number of aryl methyl sites for hydroxylation is 1. The van der Waals surface area contributed by atoms with Crippen molar-refractivity contribution in [1.29, 1.82) is 0 Å². The number of nitrogens with two attached hydrogens (primary N) is 1. The fourth-order valence-electron chi connectivity index (χ4n) is 1.80. The predicted octanol–water partition coefficient (Wildman–Crippen LogP) is 1.57. The van der Waals surface area contributed by atoms with Crippen LogP contribution in [-0.4, -0.2) is 18.1 Å². The Hall–Kier alpha value is -1.25. The number of hydrogen-bond donors (Lipinski definition) is 1. The molecule has 1 saturated heterocycles. The highest BCUT2D eigenvalue weighted by Gasteiger charge is 2.15. The number of nitrogen functional groups attached to an aromatic ring is 1. The van der Waals surface area contributed by atoms with Crippen LogP contribution in [0, 0.1) is 6.92 Å². The fraction of sp³-hybridized carbons (Fsp3) is 0.500. The Bertz CT molecular complexity index is 303. The lowest BCUT2D eigenvalue weighted by molar-refractivity contribution is 0.949. The maximum absolute atomic E-state index is 5.96. The van der Waals surface area contributed by atoms with E-state index in [4.69, 9.17) is 5.73 Å². The van der Waals surface area contributed by atoms with E-state index >= 15 is 0 Å². The van der Waals surface area contributed by atoms with Gasteiger partial charge in [0.05, 0.1) is 17.1 Å². The number of hydrogen-bond acceptors (Lipinski definition) is 3. The Balaban J connectivity index is 2.33. The lowest BCUT2D eigenvalue weighted by atomic mass is 10.2. The van der Waals surface area contributed by atoms with Gasteiger partial charge in [-0.15, -0.1) is 0 Å². The van der Waals surface area contributed by atoms with Gasteiger partial charge in [-0.1, -0.05) is 0 Å². The van der Waals surface area contributed by atoms with Gasteiger partial charge < -0.3 is 10.6 Å². The summed E-state index contributed by atoms with van der Waals surface area (Å²) < 4.78 is 0. The van der Waals surface area contributed by atoms with Gasteiger partial charge in [0, 0.05) is 19.3 Å². The van der Waals surface area contributed by atoms with Crippen LogP contribution in [-0.2, 0) is 0 Å². The van der Waals surface area contributed by atoms with Crippen molar-refractivity contribution in [1.82, 2.24) is 4.98 Å².